The van der Waals surface area contributed by atoms with Gasteiger partial charge in [0.25, 0.3) is 5.91 Å². The molecule has 0 aliphatic carbocycles. The van der Waals surface area contributed by atoms with E-state index in [9.17, 15) is 39.9 Å². The topological polar surface area (TPSA) is 128 Å². The molecule has 0 fully saturated rings. The van der Waals surface area contributed by atoms with Gasteiger partial charge in [-0.1, -0.05) is 12.2 Å². The second-order valence-electron chi connectivity index (χ2n) is 8.40. The molecule has 0 spiro atoms. The Morgan fingerprint density at radius 3 is 1.74 bits per heavy atom. The Morgan fingerprint density at radius 2 is 1.29 bits per heavy atom. The molecule has 0 radical (unpaired) electrons. The molecule has 0 bridgehead atoms. The number of anilines is 1. The fraction of sp³-hybridized carbons (Fsp3) is 0.320. The molecule has 42 heavy (non-hydrogen) atoms. The smallest absolute Gasteiger partial charge is 0.475 e. The normalized spacial score (nSPS) is 15.1. The van der Waals surface area contributed by atoms with Crippen LogP contribution in [0.4, 0.5) is 40.8 Å². The van der Waals surface area contributed by atoms with E-state index < -0.39 is 41.8 Å². The van der Waals surface area contributed by atoms with E-state index in [2.05, 4.69) is 22.0 Å². The number of hydrogen-bond donors (Lipinski definition) is 5. The Kier molecular flexibility index (Phi) is 12.2. The number of carboxylic acid groups (broad SMARTS) is 2. The van der Waals surface area contributed by atoms with Gasteiger partial charge in [0.15, 0.2) is 0 Å². The average molecular weight is 630 g/mol. The molecule has 5 N–H and O–H groups in total. The summed E-state index contributed by atoms with van der Waals surface area (Å²) in [5, 5.41) is 23.2. The number of rotatable bonds is 4. The molecule has 17 heteroatoms. The quantitative estimate of drug-likeness (QED) is 0.291. The predicted molar refractivity (Wildman–Crippen MR) is 137 cm³/mol. The summed E-state index contributed by atoms with van der Waals surface area (Å²) in [4.78, 5) is 31.8. The van der Waals surface area contributed by atoms with Crippen molar-refractivity contribution in [1.29, 1.82) is 0 Å². The first-order valence-corrected chi connectivity index (χ1v) is 12.6. The summed E-state index contributed by atoms with van der Waals surface area (Å²) in [7, 11) is 0. The Hall–Kier alpha value is -3.83. The van der Waals surface area contributed by atoms with Crippen LogP contribution in [0.3, 0.4) is 0 Å². The monoisotopic (exact) mass is 629 g/mol. The van der Waals surface area contributed by atoms with Crippen molar-refractivity contribution in [3.8, 4) is 0 Å². The maximum atomic E-state index is 14.5. The minimum absolute atomic E-state index is 0.142. The number of nitrogens with one attached hydrogen (secondary N) is 3. The molecule has 1 amide bonds. The van der Waals surface area contributed by atoms with Crippen molar-refractivity contribution in [3.63, 3.8) is 0 Å². The molecule has 3 heterocycles. The standard InChI is InChI=1S/C21H21F2N3OS.2C2HF3O2/c22-16-12-18(17(23)11-15(16)13-3-7-24-8-4-13)26-21(27)20-2-1-19(28-20)14-5-9-25-10-6-14;2*3-2(4,5)1(6)7/h1-3,5,11-12,24-25H,4,6-10H2,(H,26,27);2*(H,6,7). The first kappa shape index (κ1) is 34.4. The average Bonchev–Trinajstić information content (AvgIpc) is 3.42. The Labute approximate surface area is 236 Å². The minimum atomic E-state index is -5.08. The number of halogens is 8. The number of aliphatic carboxylic acids is 2. The molecule has 0 unspecified atom stereocenters. The van der Waals surface area contributed by atoms with E-state index in [0.717, 1.165) is 42.6 Å². The third kappa shape index (κ3) is 10.5. The second kappa shape index (κ2) is 14.9. The van der Waals surface area contributed by atoms with Crippen LogP contribution in [0.1, 0.15) is 33.0 Å². The third-order valence-corrected chi connectivity index (χ3v) is 6.57. The summed E-state index contributed by atoms with van der Waals surface area (Å²) < 4.78 is 92.5. The molecule has 2 aliphatic heterocycles. The van der Waals surface area contributed by atoms with Crippen molar-refractivity contribution < 1.29 is 59.7 Å². The van der Waals surface area contributed by atoms with E-state index >= 15 is 0 Å². The lowest BCUT2D eigenvalue weighted by Gasteiger charge is -2.16. The Bertz CT molecular complexity index is 1330. The summed E-state index contributed by atoms with van der Waals surface area (Å²) in [6.45, 7) is 3.10. The first-order valence-electron chi connectivity index (χ1n) is 11.8. The van der Waals surface area contributed by atoms with Gasteiger partial charge in [0.05, 0.1) is 10.6 Å². The van der Waals surface area contributed by atoms with Crippen molar-refractivity contribution in [3.05, 3.63) is 63.4 Å². The third-order valence-electron chi connectivity index (χ3n) is 5.41. The number of amides is 1. The van der Waals surface area contributed by atoms with Crippen LogP contribution in [0, 0.1) is 11.6 Å². The fourth-order valence-electron chi connectivity index (χ4n) is 3.42. The van der Waals surface area contributed by atoms with Crippen LogP contribution in [0.25, 0.3) is 11.1 Å². The first-order chi connectivity index (χ1) is 19.5. The van der Waals surface area contributed by atoms with Gasteiger partial charge in [-0.3, -0.25) is 4.79 Å². The summed E-state index contributed by atoms with van der Waals surface area (Å²) in [6, 6.07) is 5.86. The molecule has 2 aliphatic rings. The Morgan fingerprint density at radius 1 is 0.786 bits per heavy atom. The molecule has 1 aromatic heterocycles. The molecule has 4 rings (SSSR count). The van der Waals surface area contributed by atoms with Crippen molar-refractivity contribution in [1.82, 2.24) is 10.6 Å². The summed E-state index contributed by atoms with van der Waals surface area (Å²) >= 11 is 1.36. The highest BCUT2D eigenvalue weighted by Gasteiger charge is 2.38. The number of alkyl halides is 6. The van der Waals surface area contributed by atoms with Gasteiger partial charge >= 0.3 is 24.3 Å². The van der Waals surface area contributed by atoms with Gasteiger partial charge in [-0.05, 0) is 55.3 Å². The summed E-state index contributed by atoms with van der Waals surface area (Å²) in [6.07, 6.45) is -4.64. The number of thiophene rings is 1. The lowest BCUT2D eigenvalue weighted by atomic mass is 9.99. The largest absolute Gasteiger partial charge is 0.490 e. The van der Waals surface area contributed by atoms with E-state index in [0.29, 0.717) is 17.8 Å². The second-order valence-corrected chi connectivity index (χ2v) is 9.49. The van der Waals surface area contributed by atoms with E-state index in [1.54, 1.807) is 6.07 Å². The SMILES string of the molecule is O=C(Nc1cc(F)c(C2=CCNCC2)cc1F)c1ccc(C2=CCNCC2)s1.O=C(O)C(F)(F)F.O=C(O)C(F)(F)F. The molecule has 1 aromatic carbocycles. The molecule has 0 atom stereocenters. The van der Waals surface area contributed by atoms with Gasteiger partial charge in [-0.25, -0.2) is 18.4 Å². The summed E-state index contributed by atoms with van der Waals surface area (Å²) in [5.74, 6) is -7.11. The van der Waals surface area contributed by atoms with Crippen molar-refractivity contribution in [2.45, 2.75) is 25.2 Å². The fourth-order valence-corrected chi connectivity index (χ4v) is 4.39. The molecule has 0 saturated carbocycles. The number of benzene rings is 1. The van der Waals surface area contributed by atoms with Crippen molar-refractivity contribution in [2.24, 2.45) is 0 Å². The van der Waals surface area contributed by atoms with Crippen LogP contribution in [0.2, 0.25) is 0 Å². The van der Waals surface area contributed by atoms with E-state index in [1.807, 2.05) is 12.1 Å². The van der Waals surface area contributed by atoms with E-state index in [-0.39, 0.29) is 11.3 Å². The zero-order valence-corrected chi connectivity index (χ0v) is 22.1. The molecule has 230 valence electrons. The molecule has 8 nitrogen and oxygen atoms in total. The van der Waals surface area contributed by atoms with Crippen LogP contribution >= 0.6 is 11.3 Å². The van der Waals surface area contributed by atoms with E-state index in [4.69, 9.17) is 19.8 Å². The number of carboxylic acids is 2. The van der Waals surface area contributed by atoms with Gasteiger partial charge in [0.1, 0.15) is 11.6 Å². The summed E-state index contributed by atoms with van der Waals surface area (Å²) in [5.41, 5.74) is 2.11. The molecule has 0 saturated heterocycles. The highest BCUT2D eigenvalue weighted by molar-refractivity contribution is 7.15. The van der Waals surface area contributed by atoms with Crippen LogP contribution in [-0.2, 0) is 9.59 Å². The van der Waals surface area contributed by atoms with Gasteiger partial charge in [0.2, 0.25) is 0 Å². The van der Waals surface area contributed by atoms with Crippen LogP contribution < -0.4 is 16.0 Å². The van der Waals surface area contributed by atoms with Gasteiger partial charge in [-0.15, -0.1) is 11.3 Å². The number of carbonyl (C=O) groups excluding carboxylic acids is 1. The maximum absolute atomic E-state index is 14.5. The molecular formula is C25H23F8N3O5S. The highest BCUT2D eigenvalue weighted by Crippen LogP contribution is 2.30. The van der Waals surface area contributed by atoms with Gasteiger partial charge in [0, 0.05) is 29.6 Å². The van der Waals surface area contributed by atoms with Crippen LogP contribution in [-0.4, -0.2) is 66.6 Å². The highest BCUT2D eigenvalue weighted by atomic mass is 32.1. The van der Waals surface area contributed by atoms with Crippen LogP contribution in [0.5, 0.6) is 0 Å². The number of hydrogen-bond acceptors (Lipinski definition) is 6. The minimum Gasteiger partial charge on any atom is -0.475 e. The van der Waals surface area contributed by atoms with Gasteiger partial charge in [-0.2, -0.15) is 26.3 Å². The van der Waals surface area contributed by atoms with Crippen molar-refractivity contribution in [2.75, 3.05) is 31.5 Å². The van der Waals surface area contributed by atoms with Crippen molar-refractivity contribution >= 4 is 46.0 Å². The lowest BCUT2D eigenvalue weighted by molar-refractivity contribution is -0.193. The molecule has 2 aromatic rings. The zero-order valence-electron chi connectivity index (χ0n) is 21.3. The predicted octanol–water partition coefficient (Wildman–Crippen LogP) is 5.30. The Balaban J connectivity index is 0.000000367. The van der Waals surface area contributed by atoms with E-state index in [1.165, 1.54) is 23.0 Å². The lowest BCUT2D eigenvalue weighted by Crippen LogP contribution is -2.21. The van der Waals surface area contributed by atoms with Crippen LogP contribution in [0.15, 0.2) is 36.4 Å². The zero-order chi connectivity index (χ0) is 31.7. The molecular weight excluding hydrogens is 606 g/mol. The maximum Gasteiger partial charge on any atom is 0.490 e. The van der Waals surface area contributed by atoms with Gasteiger partial charge < -0.3 is 26.2 Å². The number of carbonyl (C=O) groups is 3.